The highest BCUT2D eigenvalue weighted by Crippen LogP contribution is 2.32. The second-order valence-corrected chi connectivity index (χ2v) is 8.08. The minimum Gasteiger partial charge on any atom is -0.465 e. The van der Waals surface area contributed by atoms with Gasteiger partial charge in [0.15, 0.2) is 0 Å². The van der Waals surface area contributed by atoms with E-state index in [1.54, 1.807) is 17.3 Å². The van der Waals surface area contributed by atoms with Crippen LogP contribution in [0.3, 0.4) is 0 Å². The highest BCUT2D eigenvalue weighted by atomic mass is 32.2. The van der Waals surface area contributed by atoms with Gasteiger partial charge >= 0.3 is 5.97 Å². The number of pyridine rings is 1. The van der Waals surface area contributed by atoms with Crippen LogP contribution in [0.5, 0.6) is 0 Å². The lowest BCUT2D eigenvalue weighted by Gasteiger charge is -2.19. The molecule has 0 spiro atoms. The Hall–Kier alpha value is -1.47. The summed E-state index contributed by atoms with van der Waals surface area (Å²) in [6, 6.07) is 1.80. The van der Waals surface area contributed by atoms with Crippen molar-refractivity contribution < 1.29 is 17.9 Å². The Morgan fingerprint density at radius 3 is 2.64 bits per heavy atom. The van der Waals surface area contributed by atoms with E-state index in [9.17, 15) is 13.2 Å². The molecule has 0 amide bonds. The fourth-order valence-corrected chi connectivity index (χ4v) is 4.71. The predicted octanol–water partition coefficient (Wildman–Crippen LogP) is 1.07. The second-order valence-electron chi connectivity index (χ2n) is 5.86. The maximum Gasteiger partial charge on any atom is 0.339 e. The van der Waals surface area contributed by atoms with E-state index < -0.39 is 16.0 Å². The lowest BCUT2D eigenvalue weighted by Crippen LogP contribution is -2.35. The van der Waals surface area contributed by atoms with E-state index in [0.29, 0.717) is 37.2 Å². The molecule has 6 nitrogen and oxygen atoms in total. The number of rotatable bonds is 3. The summed E-state index contributed by atoms with van der Waals surface area (Å²) < 4.78 is 31.1. The number of aryl methyl sites for hydroxylation is 1. The van der Waals surface area contributed by atoms with Gasteiger partial charge in [-0.25, -0.2) is 17.5 Å². The quantitative estimate of drug-likeness (QED) is 0.777. The maximum atomic E-state index is 12.4. The fraction of sp³-hybridized carbons (Fsp3) is 0.600. The molecule has 22 heavy (non-hydrogen) atoms. The van der Waals surface area contributed by atoms with Crippen LogP contribution < -0.4 is 0 Å². The van der Waals surface area contributed by atoms with E-state index in [2.05, 4.69) is 4.98 Å². The number of aromatic nitrogens is 1. The summed E-state index contributed by atoms with van der Waals surface area (Å²) in [5, 5.41) is -0.186. The number of carbonyl (C=O) groups excluding carboxylic acids is 1. The number of ether oxygens (including phenoxy) is 1. The van der Waals surface area contributed by atoms with Gasteiger partial charge in [-0.2, -0.15) is 0 Å². The molecule has 0 radical (unpaired) electrons. The molecule has 120 valence electrons. The maximum absolute atomic E-state index is 12.4. The molecule has 1 saturated carbocycles. The van der Waals surface area contributed by atoms with Crippen LogP contribution >= 0.6 is 0 Å². The summed E-state index contributed by atoms with van der Waals surface area (Å²) in [6.45, 7) is 2.70. The van der Waals surface area contributed by atoms with Gasteiger partial charge in [-0.1, -0.05) is 0 Å². The highest BCUT2D eigenvalue weighted by Gasteiger charge is 2.40. The first-order valence-electron chi connectivity index (χ1n) is 7.50. The number of hydrogen-bond acceptors (Lipinski definition) is 5. The average molecular weight is 324 g/mol. The molecular formula is C15H20N2O4S. The summed E-state index contributed by atoms with van der Waals surface area (Å²) in [7, 11) is -1.81. The molecule has 1 aromatic rings. The van der Waals surface area contributed by atoms with Crippen molar-refractivity contribution in [2.45, 2.75) is 37.9 Å². The first kappa shape index (κ1) is 15.4. The predicted molar refractivity (Wildman–Crippen MR) is 81.2 cm³/mol. The number of nitrogens with zero attached hydrogens (tertiary/aromatic N) is 2. The number of hydrogen-bond donors (Lipinski definition) is 0. The van der Waals surface area contributed by atoms with Crippen LogP contribution in [0.15, 0.2) is 6.07 Å². The van der Waals surface area contributed by atoms with Gasteiger partial charge in [0, 0.05) is 25.2 Å². The van der Waals surface area contributed by atoms with Crippen LogP contribution in [0.1, 0.15) is 40.2 Å². The summed E-state index contributed by atoms with van der Waals surface area (Å²) in [4.78, 5) is 16.3. The van der Waals surface area contributed by atoms with Gasteiger partial charge in [0.25, 0.3) is 0 Å². The summed E-state index contributed by atoms with van der Waals surface area (Å²) >= 11 is 0. The minimum atomic E-state index is -3.16. The van der Waals surface area contributed by atoms with Gasteiger partial charge in [-0.15, -0.1) is 0 Å². The monoisotopic (exact) mass is 324 g/mol. The van der Waals surface area contributed by atoms with Crippen molar-refractivity contribution in [2.75, 3.05) is 20.2 Å². The number of sulfonamides is 1. The van der Waals surface area contributed by atoms with Crippen molar-refractivity contribution in [2.24, 2.45) is 0 Å². The third kappa shape index (κ3) is 2.75. The Morgan fingerprint density at radius 2 is 2.00 bits per heavy atom. The Labute approximate surface area is 130 Å². The van der Waals surface area contributed by atoms with Crippen molar-refractivity contribution in [1.29, 1.82) is 0 Å². The molecule has 3 rings (SSSR count). The molecule has 7 heteroatoms. The molecule has 1 fully saturated rings. The van der Waals surface area contributed by atoms with Gasteiger partial charge in [0.2, 0.25) is 10.0 Å². The number of carbonyl (C=O) groups is 1. The Balaban J connectivity index is 1.86. The van der Waals surface area contributed by atoms with Gasteiger partial charge in [-0.3, -0.25) is 4.98 Å². The topological polar surface area (TPSA) is 76.6 Å². The molecule has 0 N–H and O–H groups in total. The first-order valence-corrected chi connectivity index (χ1v) is 9.00. The third-order valence-corrected chi connectivity index (χ3v) is 6.72. The SMILES string of the molecule is COC(=O)c1cc2c(nc1C)CCN(S(=O)(=O)C1CC1)CC2. The standard InChI is InChI=1S/C15H20N2O4S/c1-10-13(15(18)21-2)9-11-5-7-17(8-6-14(11)16-10)22(19,20)12-3-4-12/h9,12H,3-8H2,1-2H3. The lowest BCUT2D eigenvalue weighted by molar-refractivity contribution is 0.0599. The lowest BCUT2D eigenvalue weighted by atomic mass is 10.0. The minimum absolute atomic E-state index is 0.186. The van der Waals surface area contributed by atoms with Gasteiger partial charge in [0.1, 0.15) is 0 Å². The molecule has 0 bridgehead atoms. The van der Waals surface area contributed by atoms with Crippen LogP contribution in [0.2, 0.25) is 0 Å². The van der Waals surface area contributed by atoms with Gasteiger partial charge in [0.05, 0.1) is 23.6 Å². The van der Waals surface area contributed by atoms with Crippen molar-refractivity contribution >= 4 is 16.0 Å². The second kappa shape index (κ2) is 5.62. The molecule has 0 unspecified atom stereocenters. The average Bonchev–Trinajstić information content (AvgIpc) is 3.32. The number of methoxy groups -OCH3 is 1. The molecule has 0 atom stereocenters. The van der Waals surface area contributed by atoms with Crippen LogP contribution in [-0.2, 0) is 27.6 Å². The Morgan fingerprint density at radius 1 is 1.32 bits per heavy atom. The van der Waals surface area contributed by atoms with Crippen LogP contribution in [0.4, 0.5) is 0 Å². The van der Waals surface area contributed by atoms with E-state index in [1.165, 1.54) is 7.11 Å². The van der Waals surface area contributed by atoms with Crippen LogP contribution in [0, 0.1) is 6.92 Å². The number of esters is 1. The number of fused-ring (bicyclic) bond motifs is 1. The normalized spacial score (nSPS) is 19.4. The summed E-state index contributed by atoms with van der Waals surface area (Å²) in [6.07, 6.45) is 2.72. The molecule has 0 saturated heterocycles. The highest BCUT2D eigenvalue weighted by molar-refractivity contribution is 7.90. The third-order valence-electron chi connectivity index (χ3n) is 4.32. The van der Waals surface area contributed by atoms with Crippen LogP contribution in [0.25, 0.3) is 0 Å². The van der Waals surface area contributed by atoms with E-state index in [-0.39, 0.29) is 5.25 Å². The molecule has 1 aliphatic carbocycles. The summed E-state index contributed by atoms with van der Waals surface area (Å²) in [5.74, 6) is -0.403. The molecule has 0 aromatic carbocycles. The fourth-order valence-electron chi connectivity index (χ4n) is 2.86. The molecule has 2 aliphatic rings. The molecule has 2 heterocycles. The largest absolute Gasteiger partial charge is 0.465 e. The zero-order valence-electron chi connectivity index (χ0n) is 12.8. The molecule has 1 aromatic heterocycles. The zero-order valence-corrected chi connectivity index (χ0v) is 13.6. The van der Waals surface area contributed by atoms with E-state index >= 15 is 0 Å². The smallest absolute Gasteiger partial charge is 0.339 e. The Kier molecular flexibility index (Phi) is 3.94. The first-order chi connectivity index (χ1) is 10.4. The Bertz CT molecular complexity index is 710. The van der Waals surface area contributed by atoms with Crippen molar-refractivity contribution in [3.8, 4) is 0 Å². The van der Waals surface area contributed by atoms with E-state index in [1.807, 2.05) is 0 Å². The molecular weight excluding hydrogens is 304 g/mol. The van der Waals surface area contributed by atoms with Crippen molar-refractivity contribution in [3.63, 3.8) is 0 Å². The van der Waals surface area contributed by atoms with Crippen molar-refractivity contribution in [3.05, 3.63) is 28.6 Å². The van der Waals surface area contributed by atoms with E-state index in [4.69, 9.17) is 4.74 Å². The van der Waals surface area contributed by atoms with Gasteiger partial charge < -0.3 is 4.74 Å². The molecule has 1 aliphatic heterocycles. The summed E-state index contributed by atoms with van der Waals surface area (Å²) in [5.41, 5.74) is 2.92. The van der Waals surface area contributed by atoms with Crippen LogP contribution in [-0.4, -0.2) is 49.1 Å². The zero-order chi connectivity index (χ0) is 15.9. The van der Waals surface area contributed by atoms with Crippen molar-refractivity contribution in [1.82, 2.24) is 9.29 Å². The van der Waals surface area contributed by atoms with E-state index in [0.717, 1.165) is 24.1 Å². The van der Waals surface area contributed by atoms with Gasteiger partial charge in [-0.05, 0) is 37.8 Å².